The van der Waals surface area contributed by atoms with Gasteiger partial charge in [-0.1, -0.05) is 29.3 Å². The van der Waals surface area contributed by atoms with E-state index < -0.39 is 0 Å². The molecule has 0 aliphatic heterocycles. The van der Waals surface area contributed by atoms with E-state index in [-0.39, 0.29) is 11.9 Å². The lowest BCUT2D eigenvalue weighted by Gasteiger charge is -2.12. The number of hydrogen-bond acceptors (Lipinski definition) is 2. The lowest BCUT2D eigenvalue weighted by atomic mass is 10.0. The molecule has 0 aliphatic rings. The maximum Gasteiger partial charge on any atom is 0.124 e. The van der Waals surface area contributed by atoms with Crippen molar-refractivity contribution in [2.24, 2.45) is 5.73 Å². The summed E-state index contributed by atoms with van der Waals surface area (Å²) in [6.07, 6.45) is 0.642. The highest BCUT2D eigenvalue weighted by atomic mass is 35.5. The van der Waals surface area contributed by atoms with Gasteiger partial charge in [0.1, 0.15) is 5.82 Å². The van der Waals surface area contributed by atoms with Gasteiger partial charge in [-0.2, -0.15) is 0 Å². The van der Waals surface area contributed by atoms with Crippen molar-refractivity contribution >= 4 is 34.5 Å². The van der Waals surface area contributed by atoms with Crippen molar-refractivity contribution < 1.29 is 4.39 Å². The summed E-state index contributed by atoms with van der Waals surface area (Å²) in [5.41, 5.74) is 6.79. The van der Waals surface area contributed by atoms with Crippen LogP contribution in [0.3, 0.4) is 0 Å². The zero-order valence-electron chi connectivity index (χ0n) is 8.79. The minimum Gasteiger partial charge on any atom is -0.324 e. The van der Waals surface area contributed by atoms with E-state index in [1.165, 1.54) is 23.5 Å². The van der Waals surface area contributed by atoms with Crippen LogP contribution in [0.25, 0.3) is 0 Å². The Balaban J connectivity index is 2.17. The fourth-order valence-electron chi connectivity index (χ4n) is 1.59. The average Bonchev–Trinajstić information content (AvgIpc) is 2.63. The molecule has 0 spiro atoms. The van der Waals surface area contributed by atoms with E-state index in [2.05, 4.69) is 0 Å². The first-order valence-corrected chi connectivity index (χ1v) is 6.58. The molecule has 2 aromatic rings. The number of halogens is 3. The molecule has 1 aromatic carbocycles. The van der Waals surface area contributed by atoms with Gasteiger partial charge in [-0.25, -0.2) is 4.39 Å². The minimum absolute atomic E-state index is 0.252. The smallest absolute Gasteiger partial charge is 0.124 e. The number of hydrogen-bond donors (Lipinski definition) is 1. The maximum atomic E-state index is 12.9. The van der Waals surface area contributed by atoms with Gasteiger partial charge in [0.15, 0.2) is 0 Å². The topological polar surface area (TPSA) is 26.0 Å². The predicted molar refractivity (Wildman–Crippen MR) is 71.4 cm³/mol. The Morgan fingerprint density at radius 3 is 2.59 bits per heavy atom. The van der Waals surface area contributed by atoms with E-state index >= 15 is 0 Å². The normalized spacial score (nSPS) is 12.7. The van der Waals surface area contributed by atoms with Crippen LogP contribution in [0.1, 0.15) is 16.5 Å². The Labute approximate surface area is 113 Å². The van der Waals surface area contributed by atoms with Crippen molar-refractivity contribution in [3.8, 4) is 0 Å². The van der Waals surface area contributed by atoms with Gasteiger partial charge in [0.05, 0.1) is 4.34 Å². The highest BCUT2D eigenvalue weighted by molar-refractivity contribution is 7.16. The summed E-state index contributed by atoms with van der Waals surface area (Å²) in [5, 5.41) is 0.361. The number of thiophene rings is 1. The lowest BCUT2D eigenvalue weighted by Crippen LogP contribution is -2.13. The van der Waals surface area contributed by atoms with Crippen LogP contribution < -0.4 is 5.73 Å². The molecule has 0 saturated carbocycles. The Morgan fingerprint density at radius 2 is 2.00 bits per heavy atom. The van der Waals surface area contributed by atoms with Crippen LogP contribution in [-0.4, -0.2) is 0 Å². The Kier molecular flexibility index (Phi) is 4.05. The zero-order valence-corrected chi connectivity index (χ0v) is 11.1. The monoisotopic (exact) mass is 289 g/mol. The van der Waals surface area contributed by atoms with E-state index in [4.69, 9.17) is 28.9 Å². The van der Waals surface area contributed by atoms with Gasteiger partial charge >= 0.3 is 0 Å². The molecule has 0 bridgehead atoms. The van der Waals surface area contributed by atoms with Gasteiger partial charge in [0.2, 0.25) is 0 Å². The quantitative estimate of drug-likeness (QED) is 0.888. The summed E-state index contributed by atoms with van der Waals surface area (Å²) < 4.78 is 13.6. The first kappa shape index (κ1) is 12.8. The zero-order chi connectivity index (χ0) is 12.4. The molecule has 0 saturated heterocycles. The van der Waals surface area contributed by atoms with E-state index in [1.54, 1.807) is 6.07 Å². The van der Waals surface area contributed by atoms with Gasteiger partial charge in [0.25, 0.3) is 0 Å². The molecule has 1 heterocycles. The van der Waals surface area contributed by atoms with Crippen LogP contribution in [0.15, 0.2) is 30.3 Å². The molecule has 5 heteroatoms. The summed E-state index contributed by atoms with van der Waals surface area (Å²) in [5.74, 6) is -0.356. The maximum absolute atomic E-state index is 12.9. The van der Waals surface area contributed by atoms with Crippen molar-refractivity contribution in [2.75, 3.05) is 0 Å². The minimum atomic E-state index is -0.356. The SMILES string of the molecule is NC(Cc1ccc(Cl)s1)c1ccc(F)cc1Cl. The number of rotatable bonds is 3. The van der Waals surface area contributed by atoms with Gasteiger partial charge in [0, 0.05) is 22.4 Å². The van der Waals surface area contributed by atoms with Gasteiger partial charge in [-0.3, -0.25) is 0 Å². The second-order valence-electron chi connectivity index (χ2n) is 3.68. The summed E-state index contributed by atoms with van der Waals surface area (Å²) in [6.45, 7) is 0. The second-order valence-corrected chi connectivity index (χ2v) is 5.89. The summed E-state index contributed by atoms with van der Waals surface area (Å²) in [7, 11) is 0. The standard InChI is InChI=1S/C12H10Cl2FNS/c13-10-5-7(15)1-3-9(10)11(16)6-8-2-4-12(14)17-8/h1-5,11H,6,16H2. The van der Waals surface area contributed by atoms with Crippen molar-refractivity contribution in [3.63, 3.8) is 0 Å². The summed E-state index contributed by atoms with van der Waals surface area (Å²) in [6, 6.07) is 7.78. The third-order valence-electron chi connectivity index (χ3n) is 2.41. The largest absolute Gasteiger partial charge is 0.324 e. The highest BCUT2D eigenvalue weighted by Crippen LogP contribution is 2.28. The molecule has 0 amide bonds. The van der Waals surface area contributed by atoms with E-state index in [0.29, 0.717) is 11.4 Å². The van der Waals surface area contributed by atoms with E-state index in [1.807, 2.05) is 12.1 Å². The van der Waals surface area contributed by atoms with E-state index in [0.717, 1.165) is 14.8 Å². The lowest BCUT2D eigenvalue weighted by molar-refractivity contribution is 0.624. The Bertz CT molecular complexity index is 527. The van der Waals surface area contributed by atoms with Crippen molar-refractivity contribution in [2.45, 2.75) is 12.5 Å². The second kappa shape index (κ2) is 5.36. The molecule has 2 rings (SSSR count). The van der Waals surface area contributed by atoms with Crippen LogP contribution >= 0.6 is 34.5 Å². The predicted octanol–water partition coefficient (Wildman–Crippen LogP) is 4.44. The van der Waals surface area contributed by atoms with Crippen molar-refractivity contribution in [1.82, 2.24) is 0 Å². The van der Waals surface area contributed by atoms with Gasteiger partial charge in [-0.05, 0) is 29.8 Å². The van der Waals surface area contributed by atoms with Crippen LogP contribution in [0.5, 0.6) is 0 Å². The molecular formula is C12H10Cl2FNS. The molecule has 90 valence electrons. The van der Waals surface area contributed by atoms with Crippen LogP contribution in [-0.2, 0) is 6.42 Å². The van der Waals surface area contributed by atoms with Gasteiger partial charge < -0.3 is 5.73 Å². The van der Waals surface area contributed by atoms with Crippen LogP contribution in [0, 0.1) is 5.82 Å². The Morgan fingerprint density at radius 1 is 1.24 bits per heavy atom. The fourth-order valence-corrected chi connectivity index (χ4v) is 3.04. The molecular weight excluding hydrogens is 280 g/mol. The van der Waals surface area contributed by atoms with E-state index in [9.17, 15) is 4.39 Å². The van der Waals surface area contributed by atoms with Crippen LogP contribution in [0.2, 0.25) is 9.36 Å². The Hall–Kier alpha value is -0.610. The van der Waals surface area contributed by atoms with Crippen molar-refractivity contribution in [1.29, 1.82) is 0 Å². The molecule has 1 atom stereocenters. The molecule has 0 fully saturated rings. The number of nitrogens with two attached hydrogens (primary N) is 1. The summed E-state index contributed by atoms with van der Waals surface area (Å²) in [4.78, 5) is 1.09. The van der Waals surface area contributed by atoms with Crippen LogP contribution in [0.4, 0.5) is 4.39 Å². The van der Waals surface area contributed by atoms with Crippen molar-refractivity contribution in [3.05, 3.63) is 55.9 Å². The first-order valence-electron chi connectivity index (χ1n) is 5.01. The molecule has 0 aliphatic carbocycles. The average molecular weight is 290 g/mol. The van der Waals surface area contributed by atoms with Gasteiger partial charge in [-0.15, -0.1) is 11.3 Å². The highest BCUT2D eigenvalue weighted by Gasteiger charge is 2.12. The molecule has 0 radical (unpaired) electrons. The molecule has 1 unspecified atom stereocenters. The first-order chi connectivity index (χ1) is 8.06. The molecule has 17 heavy (non-hydrogen) atoms. The summed E-state index contributed by atoms with van der Waals surface area (Å²) >= 11 is 13.3. The molecule has 1 nitrogen and oxygen atoms in total. The number of benzene rings is 1. The fraction of sp³-hybridized carbons (Fsp3) is 0.167. The molecule has 1 aromatic heterocycles. The third kappa shape index (κ3) is 3.19. The molecule has 2 N–H and O–H groups in total. The third-order valence-corrected chi connectivity index (χ3v) is 3.99.